The quantitative estimate of drug-likeness (QED) is 0.571. The Labute approximate surface area is 145 Å². The Hall–Kier alpha value is -1.34. The number of hydrogen-bond acceptors (Lipinski definition) is 2. The number of benzene rings is 2. The lowest BCUT2D eigenvalue weighted by atomic mass is 10.0. The fourth-order valence-electron chi connectivity index (χ4n) is 2.28. The average molecular weight is 454 g/mol. The lowest BCUT2D eigenvalue weighted by molar-refractivity contribution is 0.782. The maximum atomic E-state index is 6.24. The van der Waals surface area contributed by atoms with Crippen molar-refractivity contribution in [3.63, 3.8) is 0 Å². The minimum atomic E-state index is 0.668. The highest BCUT2D eigenvalue weighted by Gasteiger charge is 2.17. The van der Waals surface area contributed by atoms with Gasteiger partial charge >= 0.3 is 0 Å². The van der Waals surface area contributed by atoms with Crippen molar-refractivity contribution in [1.82, 2.24) is 9.78 Å². The summed E-state index contributed by atoms with van der Waals surface area (Å²) in [5.74, 6) is 0.668. The molecule has 5 heteroatoms. The maximum Gasteiger partial charge on any atom is 0.129 e. The van der Waals surface area contributed by atoms with E-state index in [0.29, 0.717) is 5.82 Å². The van der Waals surface area contributed by atoms with Crippen LogP contribution in [0, 0.1) is 3.57 Å². The predicted octanol–water partition coefficient (Wildman–Crippen LogP) is 4.70. The van der Waals surface area contributed by atoms with Crippen LogP contribution >= 0.6 is 38.5 Å². The fraction of sp³-hybridized carbons (Fsp3) is 0.0625. The summed E-state index contributed by atoms with van der Waals surface area (Å²) in [6.07, 6.45) is 0. The van der Waals surface area contributed by atoms with E-state index in [9.17, 15) is 0 Å². The summed E-state index contributed by atoms with van der Waals surface area (Å²) in [5, 5.41) is 4.59. The number of nitrogen functional groups attached to an aromatic ring is 1. The summed E-state index contributed by atoms with van der Waals surface area (Å²) in [6.45, 7) is 0. The maximum absolute atomic E-state index is 6.24. The molecule has 0 atom stereocenters. The van der Waals surface area contributed by atoms with Crippen molar-refractivity contribution < 1.29 is 0 Å². The Balaban J connectivity index is 2.23. The molecule has 0 spiro atoms. The van der Waals surface area contributed by atoms with Gasteiger partial charge < -0.3 is 5.73 Å². The van der Waals surface area contributed by atoms with Crippen molar-refractivity contribution in [2.75, 3.05) is 5.73 Å². The molecule has 1 aromatic heterocycles. The summed E-state index contributed by atoms with van der Waals surface area (Å²) in [5.41, 5.74) is 10.2. The molecule has 106 valence electrons. The Bertz CT molecular complexity index is 794. The van der Waals surface area contributed by atoms with Gasteiger partial charge in [-0.25, -0.2) is 0 Å². The van der Waals surface area contributed by atoms with Crippen LogP contribution in [-0.4, -0.2) is 9.78 Å². The van der Waals surface area contributed by atoms with Crippen LogP contribution in [0.5, 0.6) is 0 Å². The van der Waals surface area contributed by atoms with Gasteiger partial charge in [-0.2, -0.15) is 5.10 Å². The van der Waals surface area contributed by atoms with Crippen LogP contribution < -0.4 is 5.73 Å². The van der Waals surface area contributed by atoms with E-state index >= 15 is 0 Å². The standard InChI is InChI=1S/C16H13BrIN3/c1-21-16(19)14(11-3-2-4-12(17)9-11)15(20-21)10-5-7-13(18)8-6-10/h2-9H,19H2,1H3. The summed E-state index contributed by atoms with van der Waals surface area (Å²) in [4.78, 5) is 0. The first kappa shape index (κ1) is 14.6. The van der Waals surface area contributed by atoms with E-state index < -0.39 is 0 Å². The molecule has 0 saturated heterocycles. The first-order valence-electron chi connectivity index (χ1n) is 6.40. The molecule has 0 amide bonds. The van der Waals surface area contributed by atoms with Crippen LogP contribution in [0.25, 0.3) is 22.4 Å². The molecule has 0 saturated carbocycles. The van der Waals surface area contributed by atoms with E-state index in [2.05, 4.69) is 74.0 Å². The minimum absolute atomic E-state index is 0.668. The summed E-state index contributed by atoms with van der Waals surface area (Å²) in [6, 6.07) is 16.4. The second kappa shape index (κ2) is 5.81. The van der Waals surface area contributed by atoms with E-state index in [4.69, 9.17) is 5.73 Å². The number of aryl methyl sites for hydroxylation is 1. The number of halogens is 2. The molecule has 0 aliphatic carbocycles. The molecule has 0 aliphatic rings. The minimum Gasteiger partial charge on any atom is -0.383 e. The Morgan fingerprint density at radius 2 is 1.81 bits per heavy atom. The molecule has 0 bridgehead atoms. The van der Waals surface area contributed by atoms with Crippen LogP contribution in [0.1, 0.15) is 0 Å². The van der Waals surface area contributed by atoms with Gasteiger partial charge in [-0.15, -0.1) is 0 Å². The summed E-state index contributed by atoms with van der Waals surface area (Å²) in [7, 11) is 1.87. The second-order valence-electron chi connectivity index (χ2n) is 4.75. The molecule has 3 aromatic rings. The SMILES string of the molecule is Cn1nc(-c2ccc(I)cc2)c(-c2cccc(Br)c2)c1N. The monoisotopic (exact) mass is 453 g/mol. The fourth-order valence-corrected chi connectivity index (χ4v) is 3.03. The van der Waals surface area contributed by atoms with Crippen molar-refractivity contribution in [2.24, 2.45) is 7.05 Å². The molecule has 2 aromatic carbocycles. The summed E-state index contributed by atoms with van der Waals surface area (Å²) < 4.78 is 3.95. The highest BCUT2D eigenvalue weighted by atomic mass is 127. The van der Waals surface area contributed by atoms with Crippen molar-refractivity contribution in [3.8, 4) is 22.4 Å². The number of nitrogens with zero attached hydrogens (tertiary/aromatic N) is 2. The lowest BCUT2D eigenvalue weighted by Crippen LogP contribution is -1.97. The number of rotatable bonds is 2. The number of aromatic nitrogens is 2. The predicted molar refractivity (Wildman–Crippen MR) is 98.9 cm³/mol. The van der Waals surface area contributed by atoms with Crippen molar-refractivity contribution >= 4 is 44.3 Å². The van der Waals surface area contributed by atoms with E-state index in [-0.39, 0.29) is 0 Å². The van der Waals surface area contributed by atoms with Crippen molar-refractivity contribution in [1.29, 1.82) is 0 Å². The van der Waals surface area contributed by atoms with E-state index in [1.54, 1.807) is 4.68 Å². The van der Waals surface area contributed by atoms with Gasteiger partial charge in [0.15, 0.2) is 0 Å². The van der Waals surface area contributed by atoms with Crippen LogP contribution in [-0.2, 0) is 7.05 Å². The first-order chi connectivity index (χ1) is 10.1. The third-order valence-electron chi connectivity index (χ3n) is 3.32. The molecule has 0 unspecified atom stereocenters. The molecular formula is C16H13BrIN3. The third-order valence-corrected chi connectivity index (χ3v) is 4.53. The van der Waals surface area contributed by atoms with Crippen LogP contribution in [0.15, 0.2) is 53.0 Å². The highest BCUT2D eigenvalue weighted by molar-refractivity contribution is 14.1. The zero-order chi connectivity index (χ0) is 15.0. The zero-order valence-electron chi connectivity index (χ0n) is 11.3. The van der Waals surface area contributed by atoms with E-state index in [0.717, 1.165) is 26.9 Å². The van der Waals surface area contributed by atoms with Crippen LogP contribution in [0.3, 0.4) is 0 Å². The molecule has 0 fully saturated rings. The number of hydrogen-bond donors (Lipinski definition) is 1. The Morgan fingerprint density at radius 3 is 2.48 bits per heavy atom. The van der Waals surface area contributed by atoms with Gasteiger partial charge in [0, 0.05) is 20.7 Å². The van der Waals surface area contributed by atoms with Crippen molar-refractivity contribution in [2.45, 2.75) is 0 Å². The number of nitrogens with two attached hydrogens (primary N) is 1. The largest absolute Gasteiger partial charge is 0.383 e. The molecule has 1 heterocycles. The Morgan fingerprint density at radius 1 is 1.10 bits per heavy atom. The third kappa shape index (κ3) is 2.85. The molecular weight excluding hydrogens is 441 g/mol. The molecule has 21 heavy (non-hydrogen) atoms. The van der Waals surface area contributed by atoms with Gasteiger partial charge in [0.1, 0.15) is 11.5 Å². The Kier molecular flexibility index (Phi) is 4.03. The molecule has 3 rings (SSSR count). The van der Waals surface area contributed by atoms with Crippen molar-refractivity contribution in [3.05, 3.63) is 56.6 Å². The van der Waals surface area contributed by atoms with E-state index in [1.807, 2.05) is 25.2 Å². The van der Waals surface area contributed by atoms with Gasteiger partial charge in [-0.1, -0.05) is 40.2 Å². The molecule has 0 radical (unpaired) electrons. The first-order valence-corrected chi connectivity index (χ1v) is 8.28. The smallest absolute Gasteiger partial charge is 0.129 e. The lowest BCUT2D eigenvalue weighted by Gasteiger charge is -2.05. The average Bonchev–Trinajstić information content (AvgIpc) is 2.76. The molecule has 3 nitrogen and oxygen atoms in total. The van der Waals surface area contributed by atoms with Gasteiger partial charge in [0.05, 0.1) is 5.56 Å². The van der Waals surface area contributed by atoms with Gasteiger partial charge in [0.2, 0.25) is 0 Å². The zero-order valence-corrected chi connectivity index (χ0v) is 15.1. The molecule has 2 N–H and O–H groups in total. The topological polar surface area (TPSA) is 43.8 Å². The van der Waals surface area contributed by atoms with Gasteiger partial charge in [-0.05, 0) is 52.4 Å². The van der Waals surface area contributed by atoms with Crippen LogP contribution in [0.2, 0.25) is 0 Å². The van der Waals surface area contributed by atoms with Crippen LogP contribution in [0.4, 0.5) is 5.82 Å². The van der Waals surface area contributed by atoms with E-state index in [1.165, 1.54) is 3.57 Å². The number of anilines is 1. The second-order valence-corrected chi connectivity index (χ2v) is 6.91. The van der Waals surface area contributed by atoms with Gasteiger partial charge in [0.25, 0.3) is 0 Å². The molecule has 0 aliphatic heterocycles. The normalized spacial score (nSPS) is 10.8. The summed E-state index contributed by atoms with van der Waals surface area (Å²) >= 11 is 5.81. The van der Waals surface area contributed by atoms with Gasteiger partial charge in [-0.3, -0.25) is 4.68 Å². The highest BCUT2D eigenvalue weighted by Crippen LogP contribution is 2.36.